The van der Waals surface area contributed by atoms with Crippen LogP contribution in [-0.2, 0) is 0 Å². The minimum absolute atomic E-state index is 0.802. The second-order valence-electron chi connectivity index (χ2n) is 4.14. The first-order valence-electron chi connectivity index (χ1n) is 6.20. The highest BCUT2D eigenvalue weighted by molar-refractivity contribution is 5.62. The Hall–Kier alpha value is -2.42. The maximum Gasteiger partial charge on any atom is 0.0929 e. The van der Waals surface area contributed by atoms with Crippen molar-refractivity contribution in [3.05, 3.63) is 67.9 Å². The quantitative estimate of drug-likeness (QED) is 0.737. The maximum atomic E-state index is 4.10. The van der Waals surface area contributed by atoms with Gasteiger partial charge in [0.25, 0.3) is 0 Å². The minimum atomic E-state index is 0.802. The molecule has 1 aromatic carbocycles. The van der Waals surface area contributed by atoms with E-state index in [-0.39, 0.29) is 0 Å². The second kappa shape index (κ2) is 6.50. The second-order valence-corrected chi connectivity index (χ2v) is 4.14. The van der Waals surface area contributed by atoms with Gasteiger partial charge < -0.3 is 4.90 Å². The van der Waals surface area contributed by atoms with Crippen molar-refractivity contribution in [2.75, 3.05) is 18.0 Å². The molecular formula is C16H17N3. The molecule has 2 rings (SSSR count). The third-order valence-corrected chi connectivity index (χ3v) is 2.80. The van der Waals surface area contributed by atoms with Crippen LogP contribution >= 0.6 is 0 Å². The van der Waals surface area contributed by atoms with Crippen LogP contribution in [0.15, 0.2) is 67.9 Å². The van der Waals surface area contributed by atoms with Crippen LogP contribution < -0.4 is 4.90 Å². The van der Waals surface area contributed by atoms with E-state index >= 15 is 0 Å². The van der Waals surface area contributed by atoms with Crippen molar-refractivity contribution in [1.29, 1.82) is 0 Å². The molecule has 0 bridgehead atoms. The lowest BCUT2D eigenvalue weighted by Crippen LogP contribution is -2.22. The molecule has 0 unspecified atom stereocenters. The Labute approximate surface area is 113 Å². The highest BCUT2D eigenvalue weighted by Gasteiger charge is 2.04. The smallest absolute Gasteiger partial charge is 0.0929 e. The number of nitrogens with zero attached hydrogens (tertiary/aromatic N) is 3. The summed E-state index contributed by atoms with van der Waals surface area (Å²) in [7, 11) is 0. The van der Waals surface area contributed by atoms with Gasteiger partial charge in [-0.2, -0.15) is 10.2 Å². The Morgan fingerprint density at radius 2 is 1.68 bits per heavy atom. The van der Waals surface area contributed by atoms with E-state index in [1.165, 1.54) is 0 Å². The average Bonchev–Trinajstić information content (AvgIpc) is 2.48. The Morgan fingerprint density at radius 1 is 1.00 bits per heavy atom. The van der Waals surface area contributed by atoms with Gasteiger partial charge in [0.2, 0.25) is 0 Å². The van der Waals surface area contributed by atoms with Crippen LogP contribution in [0, 0.1) is 0 Å². The molecule has 0 aliphatic carbocycles. The summed E-state index contributed by atoms with van der Waals surface area (Å²) in [6, 6.07) is 12.1. The van der Waals surface area contributed by atoms with Crippen LogP contribution in [0.5, 0.6) is 0 Å². The standard InChI is InChI=1S/C16H17N3/c1-3-12-19(13-4-2)15-9-7-14(8-10-15)16-6-5-11-17-18-16/h3-11H,1-2,12-13H2. The SMILES string of the molecule is C=CCN(CC=C)c1ccc(-c2cccnn2)cc1. The number of rotatable bonds is 6. The van der Waals surface area contributed by atoms with E-state index < -0.39 is 0 Å². The van der Waals surface area contributed by atoms with Gasteiger partial charge in [0.15, 0.2) is 0 Å². The zero-order valence-corrected chi connectivity index (χ0v) is 10.9. The summed E-state index contributed by atoms with van der Waals surface area (Å²) in [5, 5.41) is 7.99. The predicted octanol–water partition coefficient (Wildman–Crippen LogP) is 3.32. The molecule has 0 saturated heterocycles. The van der Waals surface area contributed by atoms with E-state index in [1.807, 2.05) is 24.3 Å². The van der Waals surface area contributed by atoms with Crippen LogP contribution in [0.1, 0.15) is 0 Å². The molecule has 0 fully saturated rings. The lowest BCUT2D eigenvalue weighted by molar-refractivity contribution is 0.957. The van der Waals surface area contributed by atoms with Gasteiger partial charge in [-0.25, -0.2) is 0 Å². The molecule has 0 aliphatic heterocycles. The van der Waals surface area contributed by atoms with Gasteiger partial charge >= 0.3 is 0 Å². The molecular weight excluding hydrogens is 234 g/mol. The zero-order chi connectivity index (χ0) is 13.5. The summed E-state index contributed by atoms with van der Waals surface area (Å²) in [4.78, 5) is 2.19. The van der Waals surface area contributed by atoms with Gasteiger partial charge in [0.1, 0.15) is 0 Å². The summed E-state index contributed by atoms with van der Waals surface area (Å²) in [5.74, 6) is 0. The molecule has 0 radical (unpaired) electrons. The van der Waals surface area contributed by atoms with Gasteiger partial charge in [0.05, 0.1) is 5.69 Å². The first-order chi connectivity index (χ1) is 9.35. The zero-order valence-electron chi connectivity index (χ0n) is 10.9. The van der Waals surface area contributed by atoms with Crippen LogP contribution in [0.3, 0.4) is 0 Å². The summed E-state index contributed by atoms with van der Waals surface area (Å²) < 4.78 is 0. The molecule has 1 aromatic heterocycles. The summed E-state index contributed by atoms with van der Waals surface area (Å²) in [5.41, 5.74) is 3.09. The normalized spacial score (nSPS) is 9.89. The van der Waals surface area contributed by atoms with Crippen molar-refractivity contribution < 1.29 is 0 Å². The van der Waals surface area contributed by atoms with Crippen molar-refractivity contribution in [2.45, 2.75) is 0 Å². The van der Waals surface area contributed by atoms with Crippen LogP contribution in [0.2, 0.25) is 0 Å². The lowest BCUT2D eigenvalue weighted by atomic mass is 10.1. The molecule has 2 aromatic rings. The van der Waals surface area contributed by atoms with E-state index in [0.717, 1.165) is 30.0 Å². The molecule has 0 saturated carbocycles. The Balaban J connectivity index is 2.22. The van der Waals surface area contributed by atoms with Crippen LogP contribution in [0.25, 0.3) is 11.3 Å². The van der Waals surface area contributed by atoms with Gasteiger partial charge in [-0.3, -0.25) is 0 Å². The Bertz CT molecular complexity index is 522. The molecule has 0 N–H and O–H groups in total. The first kappa shape index (κ1) is 13.0. The molecule has 3 nitrogen and oxygen atoms in total. The average molecular weight is 251 g/mol. The Kier molecular flexibility index (Phi) is 4.45. The van der Waals surface area contributed by atoms with E-state index in [1.54, 1.807) is 6.20 Å². The summed E-state index contributed by atoms with van der Waals surface area (Å²) >= 11 is 0. The van der Waals surface area contributed by atoms with Crippen molar-refractivity contribution in [3.63, 3.8) is 0 Å². The van der Waals surface area contributed by atoms with E-state index in [9.17, 15) is 0 Å². The molecule has 3 heteroatoms. The summed E-state index contributed by atoms with van der Waals surface area (Å²) in [6.07, 6.45) is 5.45. The van der Waals surface area contributed by atoms with Crippen LogP contribution in [0.4, 0.5) is 5.69 Å². The van der Waals surface area contributed by atoms with Crippen LogP contribution in [-0.4, -0.2) is 23.3 Å². The molecule has 96 valence electrons. The molecule has 19 heavy (non-hydrogen) atoms. The van der Waals surface area contributed by atoms with Gasteiger partial charge in [0, 0.05) is 30.5 Å². The van der Waals surface area contributed by atoms with Gasteiger partial charge in [-0.05, 0) is 24.3 Å². The fourth-order valence-corrected chi connectivity index (χ4v) is 1.90. The molecule has 0 amide bonds. The number of hydrogen-bond donors (Lipinski definition) is 0. The van der Waals surface area contributed by atoms with Gasteiger partial charge in [-0.1, -0.05) is 24.3 Å². The molecule has 0 aliphatic rings. The number of aromatic nitrogens is 2. The number of benzene rings is 1. The maximum absolute atomic E-state index is 4.10. The first-order valence-corrected chi connectivity index (χ1v) is 6.20. The Morgan fingerprint density at radius 3 is 2.21 bits per heavy atom. The number of anilines is 1. The largest absolute Gasteiger partial charge is 0.364 e. The molecule has 0 spiro atoms. The summed E-state index contributed by atoms with van der Waals surface area (Å²) in [6.45, 7) is 9.16. The lowest BCUT2D eigenvalue weighted by Gasteiger charge is -2.21. The minimum Gasteiger partial charge on any atom is -0.364 e. The van der Waals surface area contributed by atoms with Crippen molar-refractivity contribution in [1.82, 2.24) is 10.2 Å². The third-order valence-electron chi connectivity index (χ3n) is 2.80. The van der Waals surface area contributed by atoms with Crippen molar-refractivity contribution in [2.24, 2.45) is 0 Å². The highest BCUT2D eigenvalue weighted by atomic mass is 15.1. The fraction of sp³-hybridized carbons (Fsp3) is 0.125. The van der Waals surface area contributed by atoms with Crippen molar-refractivity contribution in [3.8, 4) is 11.3 Å². The monoisotopic (exact) mass is 251 g/mol. The van der Waals surface area contributed by atoms with E-state index in [2.05, 4.69) is 52.5 Å². The third kappa shape index (κ3) is 3.28. The topological polar surface area (TPSA) is 29.0 Å². The predicted molar refractivity (Wildman–Crippen MR) is 80.1 cm³/mol. The molecule has 1 heterocycles. The fourth-order valence-electron chi connectivity index (χ4n) is 1.90. The number of hydrogen-bond acceptors (Lipinski definition) is 3. The van der Waals surface area contributed by atoms with Crippen molar-refractivity contribution >= 4 is 5.69 Å². The van der Waals surface area contributed by atoms with E-state index in [4.69, 9.17) is 0 Å². The highest BCUT2D eigenvalue weighted by Crippen LogP contribution is 2.21. The van der Waals surface area contributed by atoms with E-state index in [0.29, 0.717) is 0 Å². The van der Waals surface area contributed by atoms with Gasteiger partial charge in [-0.15, -0.1) is 13.2 Å². The molecule has 0 atom stereocenters.